The quantitative estimate of drug-likeness (QED) is 0.509. The third-order valence-electron chi connectivity index (χ3n) is 6.56. The molecule has 188 valence electrons. The number of rotatable bonds is 9. The molecule has 0 aliphatic carbocycles. The summed E-state index contributed by atoms with van der Waals surface area (Å²) in [6, 6.07) is 8.36. The zero-order valence-corrected chi connectivity index (χ0v) is 19.8. The molecule has 3 heterocycles. The maximum absolute atomic E-state index is 13.4. The first-order chi connectivity index (χ1) is 16.7. The Balaban J connectivity index is 1.35. The van der Waals surface area contributed by atoms with Gasteiger partial charge in [0.05, 0.1) is 34.7 Å². The highest BCUT2D eigenvalue weighted by molar-refractivity contribution is 6.33. The van der Waals surface area contributed by atoms with Crippen molar-refractivity contribution in [3.8, 4) is 0 Å². The molecule has 0 spiro atoms. The van der Waals surface area contributed by atoms with E-state index in [1.807, 2.05) is 12.1 Å². The summed E-state index contributed by atoms with van der Waals surface area (Å²) in [5, 5.41) is 15.0. The first-order valence-corrected chi connectivity index (χ1v) is 11.7. The average molecular weight is 511 g/mol. The van der Waals surface area contributed by atoms with Crippen molar-refractivity contribution in [3.63, 3.8) is 0 Å². The third kappa shape index (κ3) is 5.54. The molecule has 35 heavy (non-hydrogen) atoms. The smallest absolute Gasteiger partial charge is 0.431 e. The summed E-state index contributed by atoms with van der Waals surface area (Å²) in [4.78, 5) is 16.8. The molecule has 1 N–H and O–H groups in total. The number of hydrazone groups is 1. The van der Waals surface area contributed by atoms with Crippen LogP contribution in [0, 0.1) is 11.8 Å². The molecule has 2 aliphatic heterocycles. The lowest BCUT2D eigenvalue weighted by Crippen LogP contribution is -2.47. The fraction of sp³-hybridized carbons (Fsp3) is 0.458. The molecule has 2 aliphatic rings. The number of hydrogen-bond acceptors (Lipinski definition) is 7. The monoisotopic (exact) mass is 510 g/mol. The van der Waals surface area contributed by atoms with Gasteiger partial charge in [-0.05, 0) is 42.5 Å². The largest absolute Gasteiger partial charge is 0.466 e. The average Bonchev–Trinajstić information content (AvgIpc) is 3.14. The topological polar surface area (TPSA) is 78.3 Å². The molecule has 0 amide bonds. The van der Waals surface area contributed by atoms with Crippen molar-refractivity contribution in [2.45, 2.75) is 38.6 Å². The molecule has 4 rings (SSSR count). The number of aliphatic hydroxyl groups excluding tert-OH is 1. The number of halogens is 4. The van der Waals surface area contributed by atoms with E-state index in [0.717, 1.165) is 37.2 Å². The van der Waals surface area contributed by atoms with Gasteiger partial charge in [0.25, 0.3) is 6.47 Å². The van der Waals surface area contributed by atoms with Crippen LogP contribution in [-0.2, 0) is 22.6 Å². The second kappa shape index (κ2) is 10.4. The summed E-state index contributed by atoms with van der Waals surface area (Å²) in [6.45, 7) is 3.05. The maximum atomic E-state index is 13.4. The van der Waals surface area contributed by atoms with Crippen LogP contribution in [0.5, 0.6) is 0 Å². The molecule has 7 nitrogen and oxygen atoms in total. The van der Waals surface area contributed by atoms with Gasteiger partial charge in [0.1, 0.15) is 12.3 Å². The number of hydrogen-bond donors (Lipinski definition) is 1. The van der Waals surface area contributed by atoms with Gasteiger partial charge in [-0.3, -0.25) is 14.8 Å². The minimum Gasteiger partial charge on any atom is -0.466 e. The maximum Gasteiger partial charge on any atom is 0.431 e. The summed E-state index contributed by atoms with van der Waals surface area (Å²) in [7, 11) is 0. The van der Waals surface area contributed by atoms with Crippen LogP contribution in [0.25, 0.3) is 0 Å². The number of pyridine rings is 1. The molecule has 2 aromatic rings. The van der Waals surface area contributed by atoms with Gasteiger partial charge in [-0.25, -0.2) is 0 Å². The summed E-state index contributed by atoms with van der Waals surface area (Å²) in [5.41, 5.74) is 2.16. The van der Waals surface area contributed by atoms with E-state index in [-0.39, 0.29) is 19.7 Å². The van der Waals surface area contributed by atoms with Crippen LogP contribution in [-0.4, -0.2) is 54.2 Å². The van der Waals surface area contributed by atoms with Crippen LogP contribution in [0.4, 0.5) is 24.5 Å². The fourth-order valence-electron chi connectivity index (χ4n) is 4.53. The standard InChI is InChI=1S/C24H26ClF3N4O3/c1-15-22(13-35-14-34)32(30-23(15)24(26,27)28)19-6-4-16(5-7-19)2-3-17-10-31(11-17)21-8-18(12-33)29-9-20(21)25/h4-9,14-15,17,22,33H,2-3,10-13H2,1H3/t15-,22-/m0/s1. The van der Waals surface area contributed by atoms with Crippen molar-refractivity contribution in [1.82, 2.24) is 4.98 Å². The van der Waals surface area contributed by atoms with Crippen LogP contribution in [0.2, 0.25) is 5.02 Å². The SMILES string of the molecule is C[C@@H]1C(C(F)(F)F)=NN(c2ccc(CCC3CN(c4cc(CO)ncc4Cl)C3)cc2)[C@H]1COC=O. The number of aliphatic hydroxyl groups is 1. The Morgan fingerprint density at radius 3 is 2.60 bits per heavy atom. The summed E-state index contributed by atoms with van der Waals surface area (Å²) in [5.74, 6) is -0.446. The lowest BCUT2D eigenvalue weighted by molar-refractivity contribution is -0.129. The first-order valence-electron chi connectivity index (χ1n) is 11.3. The van der Waals surface area contributed by atoms with Crippen LogP contribution >= 0.6 is 11.6 Å². The van der Waals surface area contributed by atoms with Crippen molar-refractivity contribution in [2.24, 2.45) is 16.9 Å². The van der Waals surface area contributed by atoms with Crippen LogP contribution in [0.15, 0.2) is 41.6 Å². The van der Waals surface area contributed by atoms with Crippen molar-refractivity contribution in [1.29, 1.82) is 0 Å². The van der Waals surface area contributed by atoms with Gasteiger partial charge in [-0.1, -0.05) is 30.7 Å². The molecule has 0 unspecified atom stereocenters. The van der Waals surface area contributed by atoms with Gasteiger partial charge in [-0.2, -0.15) is 18.3 Å². The zero-order chi connectivity index (χ0) is 25.2. The number of benzene rings is 1. The predicted molar refractivity (Wildman–Crippen MR) is 127 cm³/mol. The molecular formula is C24H26ClF3N4O3. The molecule has 1 fully saturated rings. The number of carbonyl (C=O) groups is 1. The second-order valence-electron chi connectivity index (χ2n) is 8.87. The highest BCUT2D eigenvalue weighted by Crippen LogP contribution is 2.36. The molecular weight excluding hydrogens is 485 g/mol. The van der Waals surface area contributed by atoms with E-state index in [1.54, 1.807) is 24.4 Å². The number of carbonyl (C=O) groups excluding carboxylic acids is 1. The lowest BCUT2D eigenvalue weighted by Gasteiger charge is -2.41. The molecule has 0 radical (unpaired) electrons. The van der Waals surface area contributed by atoms with Gasteiger partial charge in [0.15, 0.2) is 0 Å². The van der Waals surface area contributed by atoms with E-state index in [2.05, 4.69) is 15.0 Å². The van der Waals surface area contributed by atoms with Gasteiger partial charge in [0, 0.05) is 25.2 Å². The van der Waals surface area contributed by atoms with Crippen molar-refractivity contribution in [3.05, 3.63) is 52.8 Å². The van der Waals surface area contributed by atoms with Crippen LogP contribution in [0.3, 0.4) is 0 Å². The predicted octanol–water partition coefficient (Wildman–Crippen LogP) is 4.21. The first kappa shape index (κ1) is 25.2. The number of nitrogens with zero attached hydrogens (tertiary/aromatic N) is 4. The Labute approximate surface area is 206 Å². The van der Waals surface area contributed by atoms with Gasteiger partial charge >= 0.3 is 6.18 Å². The zero-order valence-electron chi connectivity index (χ0n) is 19.1. The van der Waals surface area contributed by atoms with E-state index in [4.69, 9.17) is 16.3 Å². The van der Waals surface area contributed by atoms with E-state index in [9.17, 15) is 23.1 Å². The van der Waals surface area contributed by atoms with E-state index < -0.39 is 23.8 Å². The van der Waals surface area contributed by atoms with E-state index in [1.165, 1.54) is 11.9 Å². The molecule has 1 saturated heterocycles. The molecule has 2 atom stereocenters. The lowest BCUT2D eigenvalue weighted by atomic mass is 9.92. The van der Waals surface area contributed by atoms with E-state index >= 15 is 0 Å². The fourth-order valence-corrected chi connectivity index (χ4v) is 4.75. The Morgan fingerprint density at radius 2 is 1.97 bits per heavy atom. The number of anilines is 2. The van der Waals surface area contributed by atoms with Crippen molar-refractivity contribution < 1.29 is 27.8 Å². The van der Waals surface area contributed by atoms with Gasteiger partial charge in [-0.15, -0.1) is 0 Å². The molecule has 1 aromatic carbocycles. The molecule has 11 heteroatoms. The summed E-state index contributed by atoms with van der Waals surface area (Å²) in [6.07, 6.45) is -1.21. The van der Waals surface area contributed by atoms with Crippen molar-refractivity contribution >= 4 is 35.2 Å². The van der Waals surface area contributed by atoms with Crippen molar-refractivity contribution in [2.75, 3.05) is 29.6 Å². The van der Waals surface area contributed by atoms with Gasteiger partial charge < -0.3 is 14.7 Å². The molecule has 1 aromatic heterocycles. The van der Waals surface area contributed by atoms with Crippen LogP contribution < -0.4 is 9.91 Å². The summed E-state index contributed by atoms with van der Waals surface area (Å²) < 4.78 is 44.9. The van der Waals surface area contributed by atoms with Crippen LogP contribution in [0.1, 0.15) is 24.6 Å². The highest BCUT2D eigenvalue weighted by atomic mass is 35.5. The third-order valence-corrected chi connectivity index (χ3v) is 6.85. The Hall–Kier alpha value is -2.85. The Kier molecular flexibility index (Phi) is 7.51. The van der Waals surface area contributed by atoms with E-state index in [0.29, 0.717) is 22.3 Å². The number of aryl methyl sites for hydroxylation is 1. The minimum atomic E-state index is -4.55. The highest BCUT2D eigenvalue weighted by Gasteiger charge is 2.48. The summed E-state index contributed by atoms with van der Waals surface area (Å²) >= 11 is 6.24. The Morgan fingerprint density at radius 1 is 1.26 bits per heavy atom. The second-order valence-corrected chi connectivity index (χ2v) is 9.28. The number of alkyl halides is 3. The molecule has 0 bridgehead atoms. The molecule has 0 saturated carbocycles. The van der Waals surface area contributed by atoms with Gasteiger partial charge in [0.2, 0.25) is 0 Å². The minimum absolute atomic E-state index is 0.137. The number of aromatic nitrogens is 1. The Bertz CT molecular complexity index is 1070. The number of ether oxygens (including phenoxy) is 1. The normalized spacial score (nSPS) is 20.6.